The lowest BCUT2D eigenvalue weighted by molar-refractivity contribution is 0.0949. The fraction of sp³-hybridized carbons (Fsp3) is 0.538. The van der Waals surface area contributed by atoms with Crippen molar-refractivity contribution in [3.8, 4) is 0 Å². The van der Waals surface area contributed by atoms with Crippen molar-refractivity contribution in [3.63, 3.8) is 0 Å². The fourth-order valence-electron chi connectivity index (χ4n) is 1.60. The standard InChI is InChI=1S/C13H21N3O/c1-4-5-11-6-7-14-10-12(11)13(17)15-8-9-16(2)3/h6-7,10H,4-5,8-9H2,1-3H3,(H,15,17). The molecule has 0 aromatic carbocycles. The summed E-state index contributed by atoms with van der Waals surface area (Å²) in [5.41, 5.74) is 1.78. The van der Waals surface area contributed by atoms with E-state index in [1.165, 1.54) is 0 Å². The number of rotatable bonds is 6. The van der Waals surface area contributed by atoms with Crippen LogP contribution in [-0.4, -0.2) is 43.0 Å². The molecule has 4 heteroatoms. The van der Waals surface area contributed by atoms with Crippen molar-refractivity contribution in [2.45, 2.75) is 19.8 Å². The molecule has 1 rings (SSSR count). The highest BCUT2D eigenvalue weighted by Crippen LogP contribution is 2.09. The summed E-state index contributed by atoms with van der Waals surface area (Å²) < 4.78 is 0. The van der Waals surface area contributed by atoms with Gasteiger partial charge in [-0.3, -0.25) is 9.78 Å². The summed E-state index contributed by atoms with van der Waals surface area (Å²) in [5, 5.41) is 2.91. The normalized spacial score (nSPS) is 10.6. The largest absolute Gasteiger partial charge is 0.351 e. The van der Waals surface area contributed by atoms with E-state index in [1.807, 2.05) is 25.1 Å². The van der Waals surface area contributed by atoms with Crippen LogP contribution in [0.4, 0.5) is 0 Å². The van der Waals surface area contributed by atoms with Crippen LogP contribution in [0.3, 0.4) is 0 Å². The predicted molar refractivity (Wildman–Crippen MR) is 69.1 cm³/mol. The Hall–Kier alpha value is -1.42. The van der Waals surface area contributed by atoms with Crippen LogP contribution in [-0.2, 0) is 6.42 Å². The average molecular weight is 235 g/mol. The van der Waals surface area contributed by atoms with Crippen molar-refractivity contribution < 1.29 is 4.79 Å². The molecule has 0 bridgehead atoms. The number of nitrogens with one attached hydrogen (secondary N) is 1. The first-order valence-corrected chi connectivity index (χ1v) is 6.01. The van der Waals surface area contributed by atoms with E-state index in [1.54, 1.807) is 12.4 Å². The monoisotopic (exact) mass is 235 g/mol. The van der Waals surface area contributed by atoms with Crippen molar-refractivity contribution in [2.24, 2.45) is 0 Å². The summed E-state index contributed by atoms with van der Waals surface area (Å²) in [6.45, 7) is 3.61. The van der Waals surface area contributed by atoms with Gasteiger partial charge in [0.15, 0.2) is 0 Å². The molecule has 94 valence electrons. The number of hydrogen-bond donors (Lipinski definition) is 1. The van der Waals surface area contributed by atoms with Crippen molar-refractivity contribution in [1.82, 2.24) is 15.2 Å². The minimum absolute atomic E-state index is 0.0246. The predicted octanol–water partition coefficient (Wildman–Crippen LogP) is 1.33. The highest BCUT2D eigenvalue weighted by Gasteiger charge is 2.10. The molecule has 0 aliphatic carbocycles. The lowest BCUT2D eigenvalue weighted by Gasteiger charge is -2.12. The van der Waals surface area contributed by atoms with Crippen molar-refractivity contribution in [3.05, 3.63) is 29.6 Å². The summed E-state index contributed by atoms with van der Waals surface area (Å²) in [6, 6.07) is 1.92. The summed E-state index contributed by atoms with van der Waals surface area (Å²) in [7, 11) is 3.97. The fourth-order valence-corrected chi connectivity index (χ4v) is 1.60. The van der Waals surface area contributed by atoms with E-state index in [9.17, 15) is 4.79 Å². The number of likely N-dealkylation sites (N-methyl/N-ethyl adjacent to an activating group) is 1. The van der Waals surface area contributed by atoms with Crippen LogP contribution in [0.15, 0.2) is 18.5 Å². The zero-order chi connectivity index (χ0) is 12.7. The zero-order valence-corrected chi connectivity index (χ0v) is 10.9. The first-order valence-electron chi connectivity index (χ1n) is 6.01. The van der Waals surface area contributed by atoms with Gasteiger partial charge in [0.2, 0.25) is 0 Å². The third kappa shape index (κ3) is 4.53. The molecule has 4 nitrogen and oxygen atoms in total. The number of carbonyl (C=O) groups excluding carboxylic acids is 1. The molecule has 1 heterocycles. The molecule has 0 spiro atoms. The Labute approximate surface area is 103 Å². The third-order valence-corrected chi connectivity index (χ3v) is 2.52. The van der Waals surface area contributed by atoms with E-state index in [-0.39, 0.29) is 5.91 Å². The van der Waals surface area contributed by atoms with E-state index >= 15 is 0 Å². The molecule has 1 aromatic rings. The van der Waals surface area contributed by atoms with E-state index in [0.29, 0.717) is 12.1 Å². The van der Waals surface area contributed by atoms with Crippen LogP contribution in [0.5, 0.6) is 0 Å². The Morgan fingerprint density at radius 1 is 1.47 bits per heavy atom. The van der Waals surface area contributed by atoms with Gasteiger partial charge in [0.05, 0.1) is 5.56 Å². The highest BCUT2D eigenvalue weighted by molar-refractivity contribution is 5.95. The van der Waals surface area contributed by atoms with Crippen LogP contribution in [0.25, 0.3) is 0 Å². The van der Waals surface area contributed by atoms with Crippen LogP contribution >= 0.6 is 0 Å². The molecule has 0 saturated heterocycles. The summed E-state index contributed by atoms with van der Waals surface area (Å²) in [4.78, 5) is 18.0. The molecule has 0 aliphatic heterocycles. The van der Waals surface area contributed by atoms with Gasteiger partial charge in [-0.2, -0.15) is 0 Å². The number of aromatic nitrogens is 1. The minimum atomic E-state index is -0.0246. The van der Waals surface area contributed by atoms with Crippen LogP contribution < -0.4 is 5.32 Å². The Morgan fingerprint density at radius 2 is 2.24 bits per heavy atom. The third-order valence-electron chi connectivity index (χ3n) is 2.52. The SMILES string of the molecule is CCCc1ccncc1C(=O)NCCN(C)C. The van der Waals surface area contributed by atoms with Crippen LogP contribution in [0.1, 0.15) is 29.3 Å². The molecule has 0 aliphatic rings. The van der Waals surface area contributed by atoms with Crippen molar-refractivity contribution >= 4 is 5.91 Å². The zero-order valence-electron chi connectivity index (χ0n) is 10.9. The number of pyridine rings is 1. The number of nitrogens with zero attached hydrogens (tertiary/aromatic N) is 2. The second kappa shape index (κ2) is 7.01. The molecule has 0 saturated carbocycles. The van der Waals surface area contributed by atoms with Crippen molar-refractivity contribution in [1.29, 1.82) is 0 Å². The maximum absolute atomic E-state index is 12.0. The molecule has 0 unspecified atom stereocenters. The van der Waals surface area contributed by atoms with Crippen LogP contribution in [0.2, 0.25) is 0 Å². The maximum atomic E-state index is 12.0. The maximum Gasteiger partial charge on any atom is 0.253 e. The van der Waals surface area contributed by atoms with E-state index in [0.717, 1.165) is 24.9 Å². The Morgan fingerprint density at radius 3 is 2.88 bits per heavy atom. The smallest absolute Gasteiger partial charge is 0.253 e. The van der Waals surface area contributed by atoms with Gasteiger partial charge in [-0.25, -0.2) is 0 Å². The van der Waals surface area contributed by atoms with Gasteiger partial charge >= 0.3 is 0 Å². The average Bonchev–Trinajstić information content (AvgIpc) is 2.29. The topological polar surface area (TPSA) is 45.2 Å². The quantitative estimate of drug-likeness (QED) is 0.809. The van der Waals surface area contributed by atoms with Gasteiger partial charge in [-0.05, 0) is 32.1 Å². The Bertz CT molecular complexity index is 363. The van der Waals surface area contributed by atoms with Gasteiger partial charge in [0.1, 0.15) is 0 Å². The van der Waals surface area contributed by atoms with Gasteiger partial charge in [0, 0.05) is 25.5 Å². The van der Waals surface area contributed by atoms with Gasteiger partial charge in [-0.15, -0.1) is 0 Å². The molecular weight excluding hydrogens is 214 g/mol. The Balaban J connectivity index is 2.61. The second-order valence-corrected chi connectivity index (χ2v) is 4.34. The summed E-state index contributed by atoms with van der Waals surface area (Å²) in [5.74, 6) is -0.0246. The number of amides is 1. The van der Waals surface area contributed by atoms with Gasteiger partial charge in [-0.1, -0.05) is 13.3 Å². The van der Waals surface area contributed by atoms with Crippen molar-refractivity contribution in [2.75, 3.05) is 27.2 Å². The minimum Gasteiger partial charge on any atom is -0.351 e. The lowest BCUT2D eigenvalue weighted by atomic mass is 10.1. The Kier molecular flexibility index (Phi) is 5.63. The number of aryl methyl sites for hydroxylation is 1. The first kappa shape index (κ1) is 13.6. The highest BCUT2D eigenvalue weighted by atomic mass is 16.1. The van der Waals surface area contributed by atoms with Gasteiger partial charge < -0.3 is 10.2 Å². The molecular formula is C13H21N3O. The summed E-state index contributed by atoms with van der Waals surface area (Å²) >= 11 is 0. The molecule has 17 heavy (non-hydrogen) atoms. The lowest BCUT2D eigenvalue weighted by Crippen LogP contribution is -2.31. The second-order valence-electron chi connectivity index (χ2n) is 4.34. The van der Waals surface area contributed by atoms with Crippen LogP contribution in [0, 0.1) is 0 Å². The van der Waals surface area contributed by atoms with E-state index in [2.05, 4.69) is 17.2 Å². The molecule has 1 amide bonds. The number of hydrogen-bond acceptors (Lipinski definition) is 3. The molecule has 1 N–H and O–H groups in total. The molecule has 0 fully saturated rings. The summed E-state index contributed by atoms with van der Waals surface area (Å²) in [6.07, 6.45) is 5.33. The number of carbonyl (C=O) groups is 1. The molecule has 0 atom stereocenters. The van der Waals surface area contributed by atoms with E-state index < -0.39 is 0 Å². The first-order chi connectivity index (χ1) is 8.15. The van der Waals surface area contributed by atoms with Gasteiger partial charge in [0.25, 0.3) is 5.91 Å². The van der Waals surface area contributed by atoms with E-state index in [4.69, 9.17) is 0 Å². The molecule has 1 aromatic heterocycles. The molecule has 0 radical (unpaired) electrons.